The number of hydrogen-bond acceptors (Lipinski definition) is 3. The molecule has 5 nitrogen and oxygen atoms in total. The third-order valence-electron chi connectivity index (χ3n) is 4.22. The van der Waals surface area contributed by atoms with Crippen LogP contribution < -0.4 is 10.2 Å². The van der Waals surface area contributed by atoms with E-state index < -0.39 is 0 Å². The van der Waals surface area contributed by atoms with Gasteiger partial charge >= 0.3 is 6.03 Å². The van der Waals surface area contributed by atoms with Crippen molar-refractivity contribution in [2.24, 2.45) is 0 Å². The minimum absolute atomic E-state index is 0.109. The number of carbonyl (C=O) groups is 1. The van der Waals surface area contributed by atoms with Crippen LogP contribution >= 0.6 is 0 Å². The number of anilines is 1. The molecule has 2 heterocycles. The predicted molar refractivity (Wildman–Crippen MR) is 78.8 cm³/mol. The molecule has 2 fully saturated rings. The van der Waals surface area contributed by atoms with Crippen LogP contribution in [0, 0.1) is 0 Å². The van der Waals surface area contributed by atoms with Gasteiger partial charge in [-0.3, -0.25) is 0 Å². The van der Waals surface area contributed by atoms with E-state index in [0.29, 0.717) is 6.04 Å². The number of nitrogens with one attached hydrogen (secondary N) is 1. The lowest BCUT2D eigenvalue weighted by Gasteiger charge is -2.35. The summed E-state index contributed by atoms with van der Waals surface area (Å²) in [6.45, 7) is 3.26. The lowest BCUT2D eigenvalue weighted by Crippen LogP contribution is -2.53. The maximum absolute atomic E-state index is 12.2. The predicted octanol–water partition coefficient (Wildman–Crippen LogP) is 1.86. The molecule has 1 aromatic heterocycles. The molecule has 3 rings (SSSR count). The number of carbonyl (C=O) groups excluding carboxylic acids is 1. The molecule has 108 valence electrons. The van der Waals surface area contributed by atoms with Gasteiger partial charge in [-0.15, -0.1) is 0 Å². The van der Waals surface area contributed by atoms with Gasteiger partial charge in [-0.2, -0.15) is 0 Å². The van der Waals surface area contributed by atoms with Gasteiger partial charge in [0.1, 0.15) is 5.82 Å². The molecule has 2 aliphatic rings. The summed E-state index contributed by atoms with van der Waals surface area (Å²) in [5, 5.41) is 3.16. The minimum atomic E-state index is 0.109. The topological polar surface area (TPSA) is 48.5 Å². The Kier molecular flexibility index (Phi) is 4.04. The number of piperazine rings is 1. The van der Waals surface area contributed by atoms with E-state index in [1.54, 1.807) is 0 Å². The molecule has 5 heteroatoms. The molecule has 0 unspecified atom stereocenters. The molecular weight excluding hydrogens is 252 g/mol. The summed E-state index contributed by atoms with van der Waals surface area (Å²) in [4.78, 5) is 20.7. The summed E-state index contributed by atoms with van der Waals surface area (Å²) in [7, 11) is 0. The second-order valence-corrected chi connectivity index (χ2v) is 5.59. The first kappa shape index (κ1) is 13.2. The van der Waals surface area contributed by atoms with Gasteiger partial charge in [-0.05, 0) is 25.0 Å². The zero-order valence-electron chi connectivity index (χ0n) is 11.8. The molecule has 1 saturated carbocycles. The molecule has 1 aromatic rings. The van der Waals surface area contributed by atoms with Gasteiger partial charge in [0.05, 0.1) is 0 Å². The fourth-order valence-corrected chi connectivity index (χ4v) is 3.02. The van der Waals surface area contributed by atoms with E-state index in [4.69, 9.17) is 0 Å². The summed E-state index contributed by atoms with van der Waals surface area (Å²) < 4.78 is 0. The Morgan fingerprint density at radius 2 is 1.90 bits per heavy atom. The van der Waals surface area contributed by atoms with Gasteiger partial charge in [-0.1, -0.05) is 18.9 Å². The monoisotopic (exact) mass is 274 g/mol. The molecule has 1 aliphatic heterocycles. The highest BCUT2D eigenvalue weighted by atomic mass is 16.2. The molecule has 20 heavy (non-hydrogen) atoms. The van der Waals surface area contributed by atoms with Crippen molar-refractivity contribution in [3.63, 3.8) is 0 Å². The Balaban J connectivity index is 1.49. The van der Waals surface area contributed by atoms with Crippen LogP contribution in [0.5, 0.6) is 0 Å². The van der Waals surface area contributed by atoms with Gasteiger partial charge in [0.2, 0.25) is 0 Å². The van der Waals surface area contributed by atoms with Crippen LogP contribution in [0.4, 0.5) is 10.6 Å². The van der Waals surface area contributed by atoms with Crippen molar-refractivity contribution in [3.8, 4) is 0 Å². The van der Waals surface area contributed by atoms with E-state index in [9.17, 15) is 4.79 Å². The summed E-state index contributed by atoms with van der Waals surface area (Å²) in [6, 6.07) is 6.46. The highest BCUT2D eigenvalue weighted by Crippen LogP contribution is 2.18. The fraction of sp³-hybridized carbons (Fsp3) is 0.600. The van der Waals surface area contributed by atoms with E-state index in [-0.39, 0.29) is 6.03 Å². The van der Waals surface area contributed by atoms with Crippen LogP contribution in [-0.2, 0) is 0 Å². The van der Waals surface area contributed by atoms with Gasteiger partial charge in [-0.25, -0.2) is 9.78 Å². The standard InChI is InChI=1S/C15H22N4O/c20-15(17-13-5-1-2-6-13)19-11-9-18(10-12-19)14-7-3-4-8-16-14/h3-4,7-8,13H,1-2,5-6,9-12H2,(H,17,20). The van der Waals surface area contributed by atoms with Crippen molar-refractivity contribution in [2.45, 2.75) is 31.7 Å². The van der Waals surface area contributed by atoms with Crippen LogP contribution in [0.2, 0.25) is 0 Å². The van der Waals surface area contributed by atoms with Crippen LogP contribution in [0.1, 0.15) is 25.7 Å². The van der Waals surface area contributed by atoms with E-state index in [1.807, 2.05) is 29.3 Å². The zero-order valence-corrected chi connectivity index (χ0v) is 11.8. The third kappa shape index (κ3) is 3.03. The quantitative estimate of drug-likeness (QED) is 0.895. The summed E-state index contributed by atoms with van der Waals surface area (Å²) in [5.74, 6) is 1.00. The number of aromatic nitrogens is 1. The van der Waals surface area contributed by atoms with Gasteiger partial charge < -0.3 is 15.1 Å². The lowest BCUT2D eigenvalue weighted by atomic mass is 10.2. The van der Waals surface area contributed by atoms with Gasteiger partial charge in [0.25, 0.3) is 0 Å². The largest absolute Gasteiger partial charge is 0.353 e. The van der Waals surface area contributed by atoms with E-state index in [2.05, 4.69) is 15.2 Å². The Hall–Kier alpha value is -1.78. The zero-order chi connectivity index (χ0) is 13.8. The minimum Gasteiger partial charge on any atom is -0.353 e. The Morgan fingerprint density at radius 3 is 2.55 bits per heavy atom. The molecule has 0 radical (unpaired) electrons. The highest BCUT2D eigenvalue weighted by Gasteiger charge is 2.24. The Labute approximate surface area is 120 Å². The van der Waals surface area contributed by atoms with E-state index in [1.165, 1.54) is 12.8 Å². The van der Waals surface area contributed by atoms with Gasteiger partial charge in [0, 0.05) is 38.4 Å². The lowest BCUT2D eigenvalue weighted by molar-refractivity contribution is 0.190. The van der Waals surface area contributed by atoms with Crippen molar-refractivity contribution in [3.05, 3.63) is 24.4 Å². The fourth-order valence-electron chi connectivity index (χ4n) is 3.02. The maximum atomic E-state index is 12.2. The van der Waals surface area contributed by atoms with Crippen molar-refractivity contribution in [1.29, 1.82) is 0 Å². The highest BCUT2D eigenvalue weighted by molar-refractivity contribution is 5.75. The summed E-state index contributed by atoms with van der Waals surface area (Å²) >= 11 is 0. The van der Waals surface area contributed by atoms with E-state index in [0.717, 1.165) is 44.8 Å². The molecule has 0 aromatic carbocycles. The van der Waals surface area contributed by atoms with Gasteiger partial charge in [0.15, 0.2) is 0 Å². The molecule has 1 saturated heterocycles. The molecular formula is C15H22N4O. The first-order valence-electron chi connectivity index (χ1n) is 7.54. The third-order valence-corrected chi connectivity index (χ3v) is 4.22. The van der Waals surface area contributed by atoms with Crippen LogP contribution in [-0.4, -0.2) is 48.1 Å². The first-order valence-corrected chi connectivity index (χ1v) is 7.54. The molecule has 1 N–H and O–H groups in total. The second kappa shape index (κ2) is 6.11. The maximum Gasteiger partial charge on any atom is 0.317 e. The summed E-state index contributed by atoms with van der Waals surface area (Å²) in [6.07, 6.45) is 6.59. The molecule has 2 amide bonds. The van der Waals surface area contributed by atoms with Crippen molar-refractivity contribution in [2.75, 3.05) is 31.1 Å². The normalized spacial score (nSPS) is 20.2. The number of pyridine rings is 1. The number of urea groups is 1. The number of amides is 2. The average molecular weight is 274 g/mol. The second-order valence-electron chi connectivity index (χ2n) is 5.59. The van der Waals surface area contributed by atoms with Crippen molar-refractivity contribution >= 4 is 11.8 Å². The van der Waals surface area contributed by atoms with Crippen LogP contribution in [0.15, 0.2) is 24.4 Å². The Bertz CT molecular complexity index is 436. The van der Waals surface area contributed by atoms with Crippen LogP contribution in [0.25, 0.3) is 0 Å². The molecule has 0 atom stereocenters. The van der Waals surface area contributed by atoms with Crippen molar-refractivity contribution in [1.82, 2.24) is 15.2 Å². The number of rotatable bonds is 2. The van der Waals surface area contributed by atoms with Crippen molar-refractivity contribution < 1.29 is 4.79 Å². The summed E-state index contributed by atoms with van der Waals surface area (Å²) in [5.41, 5.74) is 0. The Morgan fingerprint density at radius 1 is 1.15 bits per heavy atom. The molecule has 0 spiro atoms. The SMILES string of the molecule is O=C(NC1CCCC1)N1CCN(c2ccccn2)CC1. The van der Waals surface area contributed by atoms with E-state index >= 15 is 0 Å². The van der Waals surface area contributed by atoms with Crippen LogP contribution in [0.3, 0.4) is 0 Å². The average Bonchev–Trinajstić information content (AvgIpc) is 3.01. The molecule has 0 bridgehead atoms. The number of nitrogens with zero attached hydrogens (tertiary/aromatic N) is 3. The first-order chi connectivity index (χ1) is 9.83. The number of hydrogen-bond donors (Lipinski definition) is 1. The smallest absolute Gasteiger partial charge is 0.317 e. The molecule has 1 aliphatic carbocycles.